The number of amides is 1. The van der Waals surface area contributed by atoms with E-state index in [9.17, 15) is 26.8 Å². The lowest BCUT2D eigenvalue weighted by Gasteiger charge is -2.14. The summed E-state index contributed by atoms with van der Waals surface area (Å²) in [6, 6.07) is 6.05. The predicted molar refractivity (Wildman–Crippen MR) is 123 cm³/mol. The molecule has 3 rings (SSSR count). The zero-order chi connectivity index (χ0) is 25.2. The Labute approximate surface area is 198 Å². The highest BCUT2D eigenvalue weighted by molar-refractivity contribution is 7.90. The van der Waals surface area contributed by atoms with Gasteiger partial charge in [0, 0.05) is 51.1 Å². The van der Waals surface area contributed by atoms with Crippen LogP contribution >= 0.6 is 11.6 Å². The fourth-order valence-corrected chi connectivity index (χ4v) is 3.97. The Morgan fingerprint density at radius 3 is 2.53 bits per heavy atom. The molecular weight excluding hydrogens is 496 g/mol. The summed E-state index contributed by atoms with van der Waals surface area (Å²) in [4.78, 5) is 25.6. The molecule has 34 heavy (non-hydrogen) atoms. The molecule has 9 nitrogen and oxygen atoms in total. The Kier molecular flexibility index (Phi) is 7.44. The Morgan fingerprint density at radius 2 is 1.91 bits per heavy atom. The van der Waals surface area contributed by atoms with E-state index in [1.54, 1.807) is 0 Å². The number of nitrogens with one attached hydrogen (secondary N) is 2. The first kappa shape index (κ1) is 25.4. The average molecular weight is 516 g/mol. The van der Waals surface area contributed by atoms with Gasteiger partial charge in [-0.3, -0.25) is 4.72 Å². The van der Waals surface area contributed by atoms with Crippen LogP contribution in [-0.2, 0) is 22.5 Å². The van der Waals surface area contributed by atoms with E-state index in [0.29, 0.717) is 0 Å². The molecule has 3 aromatic rings. The van der Waals surface area contributed by atoms with E-state index in [-0.39, 0.29) is 51.4 Å². The summed E-state index contributed by atoms with van der Waals surface area (Å²) < 4.78 is 67.7. The molecule has 1 heterocycles. The van der Waals surface area contributed by atoms with E-state index in [4.69, 9.17) is 20.8 Å². The summed E-state index contributed by atoms with van der Waals surface area (Å²) in [7, 11) is 0.0433. The van der Waals surface area contributed by atoms with Crippen LogP contribution in [0.25, 0.3) is 11.0 Å². The maximum absolute atomic E-state index is 15.0. The Hall–Kier alpha value is -3.22. The quantitative estimate of drug-likeness (QED) is 0.368. The minimum Gasteiger partial charge on any atom is -0.422 e. The van der Waals surface area contributed by atoms with Crippen molar-refractivity contribution in [3.05, 3.63) is 69.1 Å². The molecule has 0 aliphatic heterocycles. The standard InChI is InChI=1S/C21H20ClF2N3O6S/c1-25-34(30,31)26-16-6-4-5-11(19(16)24)7-13-14(10-22)18-15(23)8-12(32-21(29)27(2)3)9-17(18)33-20(13)28/h4-6,8-9,25-26H,7,10H2,1-3H3. The van der Waals surface area contributed by atoms with Gasteiger partial charge >= 0.3 is 11.7 Å². The van der Waals surface area contributed by atoms with Crippen LogP contribution in [0.15, 0.2) is 39.5 Å². The first-order valence-electron chi connectivity index (χ1n) is 9.69. The number of halogens is 3. The summed E-state index contributed by atoms with van der Waals surface area (Å²) in [5, 5.41) is -0.123. The van der Waals surface area contributed by atoms with Crippen molar-refractivity contribution >= 4 is 44.6 Å². The second-order valence-corrected chi connectivity index (χ2v) is 9.17. The molecule has 2 aromatic carbocycles. The van der Waals surface area contributed by atoms with E-state index in [1.807, 2.05) is 9.44 Å². The molecule has 0 saturated heterocycles. The second kappa shape index (κ2) is 9.95. The summed E-state index contributed by atoms with van der Waals surface area (Å²) in [6.45, 7) is 0. The molecular formula is C21H20ClF2N3O6S. The molecule has 0 unspecified atom stereocenters. The van der Waals surface area contributed by atoms with Gasteiger partial charge in [-0.15, -0.1) is 11.6 Å². The van der Waals surface area contributed by atoms with Crippen LogP contribution in [0.4, 0.5) is 19.3 Å². The first-order valence-corrected chi connectivity index (χ1v) is 11.7. The SMILES string of the molecule is CNS(=O)(=O)Nc1cccc(Cc2c(CCl)c3c(F)cc(OC(=O)N(C)C)cc3oc2=O)c1F. The van der Waals surface area contributed by atoms with Gasteiger partial charge < -0.3 is 14.1 Å². The van der Waals surface area contributed by atoms with Crippen molar-refractivity contribution in [3.63, 3.8) is 0 Å². The molecule has 0 aliphatic rings. The second-order valence-electron chi connectivity index (χ2n) is 7.29. The average Bonchev–Trinajstić information content (AvgIpc) is 2.76. The molecule has 0 saturated carbocycles. The number of anilines is 1. The van der Waals surface area contributed by atoms with Gasteiger partial charge in [0.2, 0.25) is 0 Å². The highest BCUT2D eigenvalue weighted by Crippen LogP contribution is 2.31. The van der Waals surface area contributed by atoms with Crippen LogP contribution in [0.3, 0.4) is 0 Å². The van der Waals surface area contributed by atoms with Crippen LogP contribution < -0.4 is 19.8 Å². The highest BCUT2D eigenvalue weighted by Gasteiger charge is 2.22. The van der Waals surface area contributed by atoms with Crippen LogP contribution in [-0.4, -0.2) is 40.6 Å². The minimum absolute atomic E-state index is 0.0498. The molecule has 182 valence electrons. The van der Waals surface area contributed by atoms with E-state index in [0.717, 1.165) is 18.0 Å². The zero-order valence-electron chi connectivity index (χ0n) is 18.2. The van der Waals surface area contributed by atoms with Crippen molar-refractivity contribution in [1.29, 1.82) is 0 Å². The maximum Gasteiger partial charge on any atom is 0.414 e. The third kappa shape index (κ3) is 5.29. The van der Waals surface area contributed by atoms with Gasteiger partial charge in [-0.25, -0.2) is 23.1 Å². The topological polar surface area (TPSA) is 118 Å². The Balaban J connectivity index is 2.09. The maximum atomic E-state index is 15.0. The largest absolute Gasteiger partial charge is 0.422 e. The van der Waals surface area contributed by atoms with Gasteiger partial charge in [0.1, 0.15) is 17.1 Å². The van der Waals surface area contributed by atoms with Crippen LogP contribution in [0.5, 0.6) is 5.75 Å². The fourth-order valence-electron chi connectivity index (χ4n) is 3.13. The zero-order valence-corrected chi connectivity index (χ0v) is 19.8. The smallest absolute Gasteiger partial charge is 0.414 e. The number of hydrogen-bond donors (Lipinski definition) is 2. The summed E-state index contributed by atoms with van der Waals surface area (Å²) in [6.07, 6.45) is -1.11. The lowest BCUT2D eigenvalue weighted by molar-refractivity contribution is 0.172. The lowest BCUT2D eigenvalue weighted by atomic mass is 9.98. The normalized spacial score (nSPS) is 11.5. The van der Waals surface area contributed by atoms with Crippen molar-refractivity contribution in [2.75, 3.05) is 25.9 Å². The van der Waals surface area contributed by atoms with Gasteiger partial charge in [0.05, 0.1) is 11.1 Å². The molecule has 1 amide bonds. The van der Waals surface area contributed by atoms with Crippen LogP contribution in [0, 0.1) is 11.6 Å². The third-order valence-electron chi connectivity index (χ3n) is 4.81. The van der Waals surface area contributed by atoms with Crippen molar-refractivity contribution in [3.8, 4) is 5.75 Å². The molecule has 13 heteroatoms. The molecule has 0 atom stereocenters. The Bertz CT molecular complexity index is 1430. The van der Waals surface area contributed by atoms with Gasteiger partial charge in [-0.2, -0.15) is 8.42 Å². The summed E-state index contributed by atoms with van der Waals surface area (Å²) in [5.41, 5.74) is -1.54. The number of benzene rings is 2. The van der Waals surface area contributed by atoms with E-state index in [1.165, 1.54) is 38.4 Å². The number of ether oxygens (including phenoxy) is 1. The van der Waals surface area contributed by atoms with Crippen molar-refractivity contribution < 1.29 is 31.1 Å². The van der Waals surface area contributed by atoms with Gasteiger partial charge in [0.25, 0.3) is 10.2 Å². The summed E-state index contributed by atoms with van der Waals surface area (Å²) in [5.74, 6) is -2.28. The predicted octanol–water partition coefficient (Wildman–Crippen LogP) is 3.34. The Morgan fingerprint density at radius 1 is 1.21 bits per heavy atom. The van der Waals surface area contributed by atoms with Gasteiger partial charge in [-0.1, -0.05) is 12.1 Å². The molecule has 0 bridgehead atoms. The van der Waals surface area contributed by atoms with E-state index < -0.39 is 33.6 Å². The number of carbonyl (C=O) groups is 1. The van der Waals surface area contributed by atoms with E-state index in [2.05, 4.69) is 0 Å². The monoisotopic (exact) mass is 515 g/mol. The highest BCUT2D eigenvalue weighted by atomic mass is 35.5. The van der Waals surface area contributed by atoms with Crippen molar-refractivity contribution in [2.45, 2.75) is 12.3 Å². The number of nitrogens with zero attached hydrogens (tertiary/aromatic N) is 1. The van der Waals surface area contributed by atoms with E-state index >= 15 is 0 Å². The molecule has 0 radical (unpaired) electrons. The number of alkyl halides is 1. The molecule has 0 fully saturated rings. The molecule has 0 aliphatic carbocycles. The van der Waals surface area contributed by atoms with Gasteiger partial charge in [0.15, 0.2) is 5.82 Å². The summed E-state index contributed by atoms with van der Waals surface area (Å²) >= 11 is 6.03. The third-order valence-corrected chi connectivity index (χ3v) is 6.10. The molecule has 1 aromatic heterocycles. The number of carbonyl (C=O) groups excluding carboxylic acids is 1. The molecule has 0 spiro atoms. The molecule has 2 N–H and O–H groups in total. The van der Waals surface area contributed by atoms with Crippen molar-refractivity contribution in [1.82, 2.24) is 9.62 Å². The van der Waals surface area contributed by atoms with Gasteiger partial charge in [-0.05, 0) is 17.2 Å². The lowest BCUT2D eigenvalue weighted by Crippen LogP contribution is -2.27. The minimum atomic E-state index is -3.99. The number of rotatable bonds is 7. The van der Waals surface area contributed by atoms with Crippen LogP contribution in [0.1, 0.15) is 16.7 Å². The van der Waals surface area contributed by atoms with Crippen LogP contribution in [0.2, 0.25) is 0 Å². The number of hydrogen-bond acceptors (Lipinski definition) is 6. The first-order chi connectivity index (χ1) is 16.0. The number of fused-ring (bicyclic) bond motifs is 1. The fraction of sp³-hybridized carbons (Fsp3) is 0.238. The van der Waals surface area contributed by atoms with Crippen molar-refractivity contribution in [2.24, 2.45) is 0 Å².